The normalized spacial score (nSPS) is 10.7. The van der Waals surface area contributed by atoms with Gasteiger partial charge in [0.15, 0.2) is 5.78 Å². The number of Topliss-reactive ketones (excluding diaryl/α,β-unsaturated/α-hetero) is 1. The van der Waals surface area contributed by atoms with Gasteiger partial charge in [0.05, 0.1) is 0 Å². The summed E-state index contributed by atoms with van der Waals surface area (Å²) in [5, 5.41) is 10.3. The van der Waals surface area contributed by atoms with Crippen LogP contribution < -0.4 is 0 Å². The van der Waals surface area contributed by atoms with Crippen molar-refractivity contribution >= 4 is 5.78 Å². The lowest BCUT2D eigenvalue weighted by atomic mass is 9.97. The fraction of sp³-hybridized carbons (Fsp3) is 0.188. The van der Waals surface area contributed by atoms with E-state index in [0.29, 0.717) is 6.54 Å². The molecule has 19 heavy (non-hydrogen) atoms. The summed E-state index contributed by atoms with van der Waals surface area (Å²) in [7, 11) is 1.61. The van der Waals surface area contributed by atoms with Crippen LogP contribution in [0, 0.1) is 0 Å². The Morgan fingerprint density at radius 2 is 1.74 bits per heavy atom. The standard InChI is InChI=1S/C16H17NO2/c1-12(18)15-5-3-4-6-16(15)14-9-7-13(8-10-14)11-17(2)19/h3-10,19H,11H2,1-2H3. The van der Waals surface area contributed by atoms with E-state index >= 15 is 0 Å². The number of nitrogens with zero attached hydrogens (tertiary/aromatic N) is 1. The Bertz CT molecular complexity index is 574. The molecule has 0 aliphatic carbocycles. The highest BCUT2D eigenvalue weighted by molar-refractivity contribution is 6.00. The summed E-state index contributed by atoms with van der Waals surface area (Å²) in [5.41, 5.74) is 3.71. The summed E-state index contributed by atoms with van der Waals surface area (Å²) in [6.07, 6.45) is 0. The third-order valence-electron chi connectivity index (χ3n) is 2.98. The molecule has 0 unspecified atom stereocenters. The van der Waals surface area contributed by atoms with Crippen molar-refractivity contribution in [2.75, 3.05) is 7.05 Å². The van der Waals surface area contributed by atoms with Crippen molar-refractivity contribution in [1.29, 1.82) is 0 Å². The van der Waals surface area contributed by atoms with Gasteiger partial charge in [-0.2, -0.15) is 5.06 Å². The van der Waals surface area contributed by atoms with Crippen molar-refractivity contribution in [3.8, 4) is 11.1 Å². The van der Waals surface area contributed by atoms with Crippen molar-refractivity contribution in [2.24, 2.45) is 0 Å². The Kier molecular flexibility index (Phi) is 4.10. The van der Waals surface area contributed by atoms with Crippen LogP contribution in [0.1, 0.15) is 22.8 Å². The molecule has 0 aromatic heterocycles. The zero-order chi connectivity index (χ0) is 13.8. The largest absolute Gasteiger partial charge is 0.314 e. The smallest absolute Gasteiger partial charge is 0.160 e. The first-order valence-corrected chi connectivity index (χ1v) is 6.17. The SMILES string of the molecule is CC(=O)c1ccccc1-c1ccc(CN(C)O)cc1. The van der Waals surface area contributed by atoms with E-state index in [1.165, 1.54) is 0 Å². The van der Waals surface area contributed by atoms with Crippen molar-refractivity contribution < 1.29 is 10.0 Å². The molecule has 0 fully saturated rings. The number of carbonyl (C=O) groups is 1. The lowest BCUT2D eigenvalue weighted by Gasteiger charge is -2.10. The van der Waals surface area contributed by atoms with Crippen LogP contribution in [0.15, 0.2) is 48.5 Å². The lowest BCUT2D eigenvalue weighted by Crippen LogP contribution is -2.11. The number of hydroxylamine groups is 2. The molecule has 1 N–H and O–H groups in total. The summed E-state index contributed by atoms with van der Waals surface area (Å²) in [6.45, 7) is 2.06. The van der Waals surface area contributed by atoms with E-state index in [4.69, 9.17) is 0 Å². The molecular formula is C16H17NO2. The molecule has 3 heteroatoms. The van der Waals surface area contributed by atoms with Gasteiger partial charge in [-0.3, -0.25) is 4.79 Å². The van der Waals surface area contributed by atoms with Gasteiger partial charge >= 0.3 is 0 Å². The molecule has 3 nitrogen and oxygen atoms in total. The molecule has 0 spiro atoms. The predicted molar refractivity (Wildman–Crippen MR) is 75.1 cm³/mol. The van der Waals surface area contributed by atoms with Crippen molar-refractivity contribution in [1.82, 2.24) is 5.06 Å². The highest BCUT2D eigenvalue weighted by Gasteiger charge is 2.08. The summed E-state index contributed by atoms with van der Waals surface area (Å²) in [6, 6.07) is 15.4. The summed E-state index contributed by atoms with van der Waals surface area (Å²) >= 11 is 0. The minimum Gasteiger partial charge on any atom is -0.314 e. The van der Waals surface area contributed by atoms with Crippen molar-refractivity contribution in [3.63, 3.8) is 0 Å². The fourth-order valence-corrected chi connectivity index (χ4v) is 2.10. The van der Waals surface area contributed by atoms with Gasteiger partial charge in [-0.05, 0) is 23.6 Å². The van der Waals surface area contributed by atoms with E-state index < -0.39 is 0 Å². The summed E-state index contributed by atoms with van der Waals surface area (Å²) in [5.74, 6) is 0.0646. The van der Waals surface area contributed by atoms with Gasteiger partial charge < -0.3 is 5.21 Å². The number of hydrogen-bond donors (Lipinski definition) is 1. The van der Waals surface area contributed by atoms with Crippen LogP contribution in [0.25, 0.3) is 11.1 Å². The number of hydrogen-bond acceptors (Lipinski definition) is 3. The number of benzene rings is 2. The molecule has 98 valence electrons. The molecule has 0 saturated heterocycles. The van der Waals surface area contributed by atoms with Gasteiger partial charge in [-0.1, -0.05) is 48.5 Å². The van der Waals surface area contributed by atoms with E-state index in [0.717, 1.165) is 27.3 Å². The first kappa shape index (κ1) is 13.5. The average Bonchev–Trinajstić information content (AvgIpc) is 2.39. The molecule has 0 atom stereocenters. The minimum atomic E-state index is 0.0646. The minimum absolute atomic E-state index is 0.0646. The predicted octanol–water partition coefficient (Wildman–Crippen LogP) is 3.38. The lowest BCUT2D eigenvalue weighted by molar-refractivity contribution is -0.0731. The Morgan fingerprint density at radius 3 is 2.32 bits per heavy atom. The quantitative estimate of drug-likeness (QED) is 0.672. The zero-order valence-electron chi connectivity index (χ0n) is 11.1. The van der Waals surface area contributed by atoms with E-state index in [-0.39, 0.29) is 5.78 Å². The average molecular weight is 255 g/mol. The van der Waals surface area contributed by atoms with Crippen LogP contribution >= 0.6 is 0 Å². The number of carbonyl (C=O) groups excluding carboxylic acids is 1. The summed E-state index contributed by atoms with van der Waals surface area (Å²) < 4.78 is 0. The second-order valence-electron chi connectivity index (χ2n) is 4.61. The Hall–Kier alpha value is -1.97. The number of ketones is 1. The molecule has 0 saturated carbocycles. The fourth-order valence-electron chi connectivity index (χ4n) is 2.10. The van der Waals surface area contributed by atoms with E-state index in [2.05, 4.69) is 0 Å². The van der Waals surface area contributed by atoms with Gasteiger partial charge in [-0.15, -0.1) is 0 Å². The first-order valence-electron chi connectivity index (χ1n) is 6.17. The maximum absolute atomic E-state index is 11.6. The Labute approximate surface area is 113 Å². The molecule has 0 aliphatic rings. The molecule has 2 aromatic carbocycles. The third-order valence-corrected chi connectivity index (χ3v) is 2.98. The molecule has 2 rings (SSSR count). The van der Waals surface area contributed by atoms with Crippen molar-refractivity contribution in [2.45, 2.75) is 13.5 Å². The molecule has 2 aromatic rings. The zero-order valence-corrected chi connectivity index (χ0v) is 11.1. The molecule has 0 aliphatic heterocycles. The van der Waals surface area contributed by atoms with E-state index in [9.17, 15) is 10.0 Å². The second kappa shape index (κ2) is 5.78. The van der Waals surface area contributed by atoms with Crippen LogP contribution in [-0.2, 0) is 6.54 Å². The highest BCUT2D eigenvalue weighted by Crippen LogP contribution is 2.24. The van der Waals surface area contributed by atoms with Gasteiger partial charge in [0.1, 0.15) is 0 Å². The summed E-state index contributed by atoms with van der Waals surface area (Å²) in [4.78, 5) is 11.6. The maximum Gasteiger partial charge on any atom is 0.160 e. The first-order chi connectivity index (χ1) is 9.08. The van der Waals surface area contributed by atoms with Gasteiger partial charge in [0.25, 0.3) is 0 Å². The maximum atomic E-state index is 11.6. The second-order valence-corrected chi connectivity index (χ2v) is 4.61. The Morgan fingerprint density at radius 1 is 1.11 bits per heavy atom. The van der Waals surface area contributed by atoms with Crippen LogP contribution in [-0.4, -0.2) is 23.1 Å². The van der Waals surface area contributed by atoms with Gasteiger partial charge in [0.2, 0.25) is 0 Å². The van der Waals surface area contributed by atoms with Crippen LogP contribution in [0.4, 0.5) is 0 Å². The molecule has 0 heterocycles. The Balaban J connectivity index is 2.35. The topological polar surface area (TPSA) is 40.5 Å². The van der Waals surface area contributed by atoms with Crippen LogP contribution in [0.5, 0.6) is 0 Å². The van der Waals surface area contributed by atoms with Crippen molar-refractivity contribution in [3.05, 3.63) is 59.7 Å². The van der Waals surface area contributed by atoms with Crippen LogP contribution in [0.2, 0.25) is 0 Å². The highest BCUT2D eigenvalue weighted by atomic mass is 16.5. The molecule has 0 bridgehead atoms. The van der Waals surface area contributed by atoms with Gasteiger partial charge in [0, 0.05) is 19.2 Å². The molecular weight excluding hydrogens is 238 g/mol. The number of rotatable bonds is 4. The molecule has 0 amide bonds. The van der Waals surface area contributed by atoms with E-state index in [1.807, 2.05) is 48.5 Å². The third kappa shape index (κ3) is 3.28. The van der Waals surface area contributed by atoms with Crippen LogP contribution in [0.3, 0.4) is 0 Å². The molecule has 0 radical (unpaired) electrons. The van der Waals surface area contributed by atoms with E-state index in [1.54, 1.807) is 14.0 Å². The monoisotopic (exact) mass is 255 g/mol. The van der Waals surface area contributed by atoms with Gasteiger partial charge in [-0.25, -0.2) is 0 Å².